The van der Waals surface area contributed by atoms with Crippen LogP contribution in [0.2, 0.25) is 10.0 Å². The van der Waals surface area contributed by atoms with Crippen LogP contribution in [0, 0.1) is 5.41 Å². The number of nitrogens with two attached hydrogens (primary N) is 1. The molecular formula is C12H18Cl2N2O. The lowest BCUT2D eigenvalue weighted by Crippen LogP contribution is -2.24. The van der Waals surface area contributed by atoms with Crippen molar-refractivity contribution < 1.29 is 5.11 Å². The lowest BCUT2D eigenvalue weighted by molar-refractivity contribution is 0.220. The largest absolute Gasteiger partial charge is 0.399 e. The van der Waals surface area contributed by atoms with Gasteiger partial charge >= 0.3 is 0 Å². The van der Waals surface area contributed by atoms with Crippen molar-refractivity contribution in [3.63, 3.8) is 0 Å². The highest BCUT2D eigenvalue weighted by Crippen LogP contribution is 2.34. The molecule has 0 aliphatic heterocycles. The zero-order chi connectivity index (χ0) is 13.1. The minimum atomic E-state index is -0.0250. The molecule has 4 N–H and O–H groups in total. The molecule has 1 aromatic rings. The van der Waals surface area contributed by atoms with Crippen LogP contribution in [0.25, 0.3) is 0 Å². The molecule has 1 aromatic carbocycles. The number of aliphatic hydroxyl groups excluding tert-OH is 1. The molecule has 3 nitrogen and oxygen atoms in total. The van der Waals surface area contributed by atoms with E-state index in [-0.39, 0.29) is 12.0 Å². The SMILES string of the molecule is CC(C)(CCO)CNc1c(Cl)cc(N)cc1Cl. The molecule has 0 aromatic heterocycles. The minimum Gasteiger partial charge on any atom is -0.399 e. The van der Waals surface area contributed by atoms with Crippen molar-refractivity contribution >= 4 is 34.6 Å². The molecule has 0 spiro atoms. The van der Waals surface area contributed by atoms with Crippen LogP contribution in [-0.4, -0.2) is 18.3 Å². The molecule has 0 atom stereocenters. The van der Waals surface area contributed by atoms with Gasteiger partial charge in [-0.25, -0.2) is 0 Å². The summed E-state index contributed by atoms with van der Waals surface area (Å²) in [7, 11) is 0. The number of benzene rings is 1. The van der Waals surface area contributed by atoms with Crippen LogP contribution < -0.4 is 11.1 Å². The Balaban J connectivity index is 2.76. The first kappa shape index (κ1) is 14.4. The molecular weight excluding hydrogens is 259 g/mol. The second-order valence-corrected chi connectivity index (χ2v) is 5.67. The fourth-order valence-corrected chi connectivity index (χ4v) is 2.12. The molecule has 0 unspecified atom stereocenters. The first-order valence-electron chi connectivity index (χ1n) is 5.45. The topological polar surface area (TPSA) is 58.3 Å². The summed E-state index contributed by atoms with van der Waals surface area (Å²) in [5.74, 6) is 0. The normalized spacial score (nSPS) is 11.6. The number of hydrogen-bond donors (Lipinski definition) is 3. The number of anilines is 2. The number of aliphatic hydroxyl groups is 1. The summed E-state index contributed by atoms with van der Waals surface area (Å²) >= 11 is 12.1. The Morgan fingerprint density at radius 3 is 2.29 bits per heavy atom. The second-order valence-electron chi connectivity index (χ2n) is 4.85. The zero-order valence-electron chi connectivity index (χ0n) is 10.1. The summed E-state index contributed by atoms with van der Waals surface area (Å²) in [4.78, 5) is 0. The Hall–Kier alpha value is -0.640. The van der Waals surface area contributed by atoms with E-state index in [0.29, 0.717) is 34.4 Å². The van der Waals surface area contributed by atoms with Crippen molar-refractivity contribution in [3.8, 4) is 0 Å². The van der Waals surface area contributed by atoms with Gasteiger partial charge in [0.1, 0.15) is 0 Å². The average molecular weight is 277 g/mol. The van der Waals surface area contributed by atoms with E-state index in [1.165, 1.54) is 0 Å². The van der Waals surface area contributed by atoms with E-state index in [9.17, 15) is 0 Å². The number of rotatable bonds is 5. The van der Waals surface area contributed by atoms with Gasteiger partial charge in [0.05, 0.1) is 15.7 Å². The first-order valence-corrected chi connectivity index (χ1v) is 6.20. The van der Waals surface area contributed by atoms with Gasteiger partial charge in [0, 0.05) is 18.8 Å². The first-order chi connectivity index (χ1) is 7.85. The van der Waals surface area contributed by atoms with Gasteiger partial charge in [-0.05, 0) is 24.0 Å². The molecule has 0 aliphatic carbocycles. The Morgan fingerprint density at radius 2 is 1.82 bits per heavy atom. The molecule has 0 radical (unpaired) electrons. The molecule has 1 rings (SSSR count). The van der Waals surface area contributed by atoms with Crippen LogP contribution in [0.15, 0.2) is 12.1 Å². The average Bonchev–Trinajstić information content (AvgIpc) is 2.15. The van der Waals surface area contributed by atoms with Gasteiger partial charge in [0.15, 0.2) is 0 Å². The van der Waals surface area contributed by atoms with Gasteiger partial charge in [-0.15, -0.1) is 0 Å². The fraction of sp³-hybridized carbons (Fsp3) is 0.500. The summed E-state index contributed by atoms with van der Waals surface area (Å²) in [5, 5.41) is 13.2. The molecule has 0 bridgehead atoms. The van der Waals surface area contributed by atoms with Crippen LogP contribution in [0.1, 0.15) is 20.3 Å². The van der Waals surface area contributed by atoms with Gasteiger partial charge in [-0.1, -0.05) is 37.0 Å². The number of nitrogen functional groups attached to an aromatic ring is 1. The van der Waals surface area contributed by atoms with Crippen molar-refractivity contribution in [3.05, 3.63) is 22.2 Å². The molecule has 17 heavy (non-hydrogen) atoms. The molecule has 96 valence electrons. The summed E-state index contributed by atoms with van der Waals surface area (Å²) in [5.41, 5.74) is 6.83. The van der Waals surface area contributed by atoms with Crippen LogP contribution in [0.3, 0.4) is 0 Å². The molecule has 0 aliphatic rings. The molecule has 0 heterocycles. The van der Waals surface area contributed by atoms with Crippen molar-refractivity contribution in [2.24, 2.45) is 5.41 Å². The van der Waals surface area contributed by atoms with Gasteiger partial charge in [-0.2, -0.15) is 0 Å². The number of hydrogen-bond acceptors (Lipinski definition) is 3. The maximum Gasteiger partial charge on any atom is 0.0720 e. The fourth-order valence-electron chi connectivity index (χ4n) is 1.48. The molecule has 0 fully saturated rings. The maximum atomic E-state index is 8.95. The summed E-state index contributed by atoms with van der Waals surface area (Å²) in [6.45, 7) is 4.97. The predicted molar refractivity (Wildman–Crippen MR) is 74.8 cm³/mol. The van der Waals surface area contributed by atoms with E-state index in [0.717, 1.165) is 0 Å². The maximum absolute atomic E-state index is 8.95. The zero-order valence-corrected chi connectivity index (χ0v) is 11.6. The third-order valence-corrected chi connectivity index (χ3v) is 3.19. The van der Waals surface area contributed by atoms with Crippen LogP contribution in [0.4, 0.5) is 11.4 Å². The second kappa shape index (κ2) is 5.80. The van der Waals surface area contributed by atoms with Gasteiger partial charge < -0.3 is 16.2 Å². The third-order valence-electron chi connectivity index (χ3n) is 2.60. The molecule has 0 saturated carbocycles. The van der Waals surface area contributed by atoms with E-state index >= 15 is 0 Å². The minimum absolute atomic E-state index is 0.0250. The van der Waals surface area contributed by atoms with Crippen LogP contribution in [0.5, 0.6) is 0 Å². The Bertz CT molecular complexity index is 371. The van der Waals surface area contributed by atoms with E-state index < -0.39 is 0 Å². The van der Waals surface area contributed by atoms with E-state index in [1.54, 1.807) is 12.1 Å². The van der Waals surface area contributed by atoms with E-state index in [4.69, 9.17) is 34.0 Å². The summed E-state index contributed by atoms with van der Waals surface area (Å²) < 4.78 is 0. The Morgan fingerprint density at radius 1 is 1.29 bits per heavy atom. The molecule has 0 amide bonds. The smallest absolute Gasteiger partial charge is 0.0720 e. The Kier molecular flexibility index (Phi) is 4.92. The number of halogens is 2. The van der Waals surface area contributed by atoms with Crippen LogP contribution >= 0.6 is 23.2 Å². The van der Waals surface area contributed by atoms with E-state index in [2.05, 4.69) is 19.2 Å². The van der Waals surface area contributed by atoms with Crippen molar-refractivity contribution in [1.82, 2.24) is 0 Å². The molecule has 0 saturated heterocycles. The van der Waals surface area contributed by atoms with Gasteiger partial charge in [0.2, 0.25) is 0 Å². The monoisotopic (exact) mass is 276 g/mol. The quantitative estimate of drug-likeness (QED) is 0.723. The van der Waals surface area contributed by atoms with E-state index in [1.807, 2.05) is 0 Å². The lowest BCUT2D eigenvalue weighted by Gasteiger charge is -2.25. The highest BCUT2D eigenvalue weighted by molar-refractivity contribution is 6.39. The van der Waals surface area contributed by atoms with Crippen molar-refractivity contribution in [2.45, 2.75) is 20.3 Å². The predicted octanol–water partition coefficient (Wildman–Crippen LogP) is 3.40. The Labute approximate surface area is 112 Å². The third kappa shape index (κ3) is 4.26. The standard InChI is InChI=1S/C12H18Cl2N2O/c1-12(2,3-4-17)7-16-11-9(13)5-8(15)6-10(11)14/h5-6,16-17H,3-4,7,15H2,1-2H3. The van der Waals surface area contributed by atoms with Crippen LogP contribution in [-0.2, 0) is 0 Å². The summed E-state index contributed by atoms with van der Waals surface area (Å²) in [6, 6.07) is 3.32. The highest BCUT2D eigenvalue weighted by Gasteiger charge is 2.18. The van der Waals surface area contributed by atoms with Crippen molar-refractivity contribution in [1.29, 1.82) is 0 Å². The van der Waals surface area contributed by atoms with Crippen molar-refractivity contribution in [2.75, 3.05) is 24.2 Å². The van der Waals surface area contributed by atoms with Gasteiger partial charge in [-0.3, -0.25) is 0 Å². The highest BCUT2D eigenvalue weighted by atomic mass is 35.5. The number of nitrogens with one attached hydrogen (secondary N) is 1. The summed E-state index contributed by atoms with van der Waals surface area (Å²) in [6.07, 6.45) is 0.713. The molecule has 5 heteroatoms. The van der Waals surface area contributed by atoms with Gasteiger partial charge in [0.25, 0.3) is 0 Å². The lowest BCUT2D eigenvalue weighted by atomic mass is 9.89.